The Kier molecular flexibility index (Phi) is 5.02. The summed E-state index contributed by atoms with van der Waals surface area (Å²) in [5.74, 6) is -1.58. The first-order valence-electron chi connectivity index (χ1n) is 6.23. The van der Waals surface area contributed by atoms with Crippen molar-refractivity contribution < 1.29 is 24.2 Å². The fourth-order valence-electron chi connectivity index (χ4n) is 1.81. The van der Waals surface area contributed by atoms with Crippen LogP contribution in [-0.4, -0.2) is 29.9 Å². The highest BCUT2D eigenvalue weighted by atomic mass is 16.5. The lowest BCUT2D eigenvalue weighted by molar-refractivity contribution is -0.146. The first-order valence-corrected chi connectivity index (χ1v) is 6.23. The van der Waals surface area contributed by atoms with Gasteiger partial charge in [-0.25, -0.2) is 0 Å². The summed E-state index contributed by atoms with van der Waals surface area (Å²) < 4.78 is 4.74. The Balaban J connectivity index is 2.86. The standard InChI is InChI=1S/C15H18O5/c1-15(2,14(19)20-3)11-6-4-10(5-7-11)12(16)8-9-13(17)18/h4-7H,8-9H2,1-3H3,(H,17,18). The average molecular weight is 278 g/mol. The second-order valence-electron chi connectivity index (χ2n) is 5.01. The molecule has 5 heteroatoms. The third-order valence-electron chi connectivity index (χ3n) is 3.19. The molecular formula is C15H18O5. The van der Waals surface area contributed by atoms with Crippen LogP contribution < -0.4 is 0 Å². The number of methoxy groups -OCH3 is 1. The van der Waals surface area contributed by atoms with E-state index in [1.54, 1.807) is 38.1 Å². The average Bonchev–Trinajstić information content (AvgIpc) is 2.43. The van der Waals surface area contributed by atoms with Gasteiger partial charge in [0.1, 0.15) is 0 Å². The number of ether oxygens (including phenoxy) is 1. The van der Waals surface area contributed by atoms with E-state index in [0.29, 0.717) is 5.56 Å². The molecule has 0 fully saturated rings. The van der Waals surface area contributed by atoms with Gasteiger partial charge in [0.05, 0.1) is 18.9 Å². The van der Waals surface area contributed by atoms with Gasteiger partial charge >= 0.3 is 11.9 Å². The molecule has 1 aromatic rings. The summed E-state index contributed by atoms with van der Waals surface area (Å²) in [6.45, 7) is 3.47. The van der Waals surface area contributed by atoms with Crippen LogP contribution in [0.25, 0.3) is 0 Å². The zero-order valence-corrected chi connectivity index (χ0v) is 11.8. The zero-order valence-electron chi connectivity index (χ0n) is 11.8. The Morgan fingerprint density at radius 1 is 1.10 bits per heavy atom. The van der Waals surface area contributed by atoms with Gasteiger partial charge in [-0.15, -0.1) is 0 Å². The van der Waals surface area contributed by atoms with Crippen molar-refractivity contribution in [1.82, 2.24) is 0 Å². The number of aliphatic carboxylic acids is 1. The molecule has 0 aromatic heterocycles. The highest BCUT2D eigenvalue weighted by Gasteiger charge is 2.30. The molecule has 5 nitrogen and oxygen atoms in total. The summed E-state index contributed by atoms with van der Waals surface area (Å²) >= 11 is 0. The van der Waals surface area contributed by atoms with Gasteiger partial charge in [-0.3, -0.25) is 14.4 Å². The van der Waals surface area contributed by atoms with Crippen molar-refractivity contribution in [3.8, 4) is 0 Å². The number of rotatable bonds is 6. The fraction of sp³-hybridized carbons (Fsp3) is 0.400. The van der Waals surface area contributed by atoms with Crippen molar-refractivity contribution >= 4 is 17.7 Å². The van der Waals surface area contributed by atoms with Crippen LogP contribution >= 0.6 is 0 Å². The molecular weight excluding hydrogens is 260 g/mol. The Morgan fingerprint density at radius 2 is 1.65 bits per heavy atom. The largest absolute Gasteiger partial charge is 0.481 e. The summed E-state index contributed by atoms with van der Waals surface area (Å²) in [7, 11) is 1.33. The fourth-order valence-corrected chi connectivity index (χ4v) is 1.81. The quantitative estimate of drug-likeness (QED) is 0.637. The van der Waals surface area contributed by atoms with Crippen LogP contribution in [0.2, 0.25) is 0 Å². The maximum Gasteiger partial charge on any atom is 0.315 e. The smallest absolute Gasteiger partial charge is 0.315 e. The van der Waals surface area contributed by atoms with Crippen molar-refractivity contribution in [3.05, 3.63) is 35.4 Å². The van der Waals surface area contributed by atoms with Gasteiger partial charge in [-0.05, 0) is 19.4 Å². The van der Waals surface area contributed by atoms with E-state index in [4.69, 9.17) is 9.84 Å². The number of esters is 1. The van der Waals surface area contributed by atoms with Gasteiger partial charge in [-0.1, -0.05) is 24.3 Å². The molecule has 0 saturated heterocycles. The van der Waals surface area contributed by atoms with Gasteiger partial charge < -0.3 is 9.84 Å². The molecule has 0 spiro atoms. The SMILES string of the molecule is COC(=O)C(C)(C)c1ccc(C(=O)CCC(=O)O)cc1. The number of hydrogen-bond acceptors (Lipinski definition) is 4. The Labute approximate surface area is 117 Å². The van der Waals surface area contributed by atoms with Gasteiger partial charge in [0.2, 0.25) is 0 Å². The Hall–Kier alpha value is -2.17. The van der Waals surface area contributed by atoms with E-state index in [2.05, 4.69) is 0 Å². The molecule has 0 aliphatic carbocycles. The minimum atomic E-state index is -0.998. The number of carbonyl (C=O) groups excluding carboxylic acids is 2. The molecule has 0 bridgehead atoms. The van der Waals surface area contributed by atoms with E-state index < -0.39 is 11.4 Å². The van der Waals surface area contributed by atoms with Crippen LogP contribution in [0.4, 0.5) is 0 Å². The van der Waals surface area contributed by atoms with Crippen molar-refractivity contribution in [2.24, 2.45) is 0 Å². The summed E-state index contributed by atoms with van der Waals surface area (Å²) in [6, 6.07) is 6.57. The third-order valence-corrected chi connectivity index (χ3v) is 3.19. The number of carboxylic acid groups (broad SMARTS) is 1. The second-order valence-corrected chi connectivity index (χ2v) is 5.01. The molecule has 1 N–H and O–H groups in total. The summed E-state index contributed by atoms with van der Waals surface area (Å²) in [4.78, 5) is 33.8. The molecule has 0 radical (unpaired) electrons. The Bertz CT molecular complexity index is 514. The molecule has 0 heterocycles. The van der Waals surface area contributed by atoms with Gasteiger partial charge in [0.25, 0.3) is 0 Å². The van der Waals surface area contributed by atoms with E-state index in [1.807, 2.05) is 0 Å². The molecule has 108 valence electrons. The number of ketones is 1. The zero-order chi connectivity index (χ0) is 15.3. The van der Waals surface area contributed by atoms with Crippen LogP contribution in [0, 0.1) is 0 Å². The third kappa shape index (κ3) is 3.66. The minimum Gasteiger partial charge on any atom is -0.481 e. The topological polar surface area (TPSA) is 80.7 Å². The van der Waals surface area contributed by atoms with Crippen molar-refractivity contribution in [3.63, 3.8) is 0 Å². The van der Waals surface area contributed by atoms with Crippen LogP contribution in [0.1, 0.15) is 42.6 Å². The highest BCUT2D eigenvalue weighted by Crippen LogP contribution is 2.25. The maximum absolute atomic E-state index is 11.7. The van der Waals surface area contributed by atoms with Gasteiger partial charge in [0, 0.05) is 12.0 Å². The first kappa shape index (κ1) is 15.9. The number of carbonyl (C=O) groups is 3. The summed E-state index contributed by atoms with van der Waals surface area (Å²) in [5, 5.41) is 8.54. The normalized spacial score (nSPS) is 10.9. The molecule has 1 rings (SSSR count). The lowest BCUT2D eigenvalue weighted by Crippen LogP contribution is -2.30. The molecule has 0 saturated carbocycles. The monoisotopic (exact) mass is 278 g/mol. The van der Waals surface area contributed by atoms with E-state index in [1.165, 1.54) is 7.11 Å². The molecule has 0 aliphatic heterocycles. The highest BCUT2D eigenvalue weighted by molar-refractivity contribution is 5.97. The van der Waals surface area contributed by atoms with Crippen LogP contribution in [0.3, 0.4) is 0 Å². The summed E-state index contributed by atoms with van der Waals surface area (Å²) in [5.41, 5.74) is 0.381. The molecule has 1 aromatic carbocycles. The molecule has 0 atom stereocenters. The maximum atomic E-state index is 11.7. The summed E-state index contributed by atoms with van der Waals surface area (Å²) in [6.07, 6.45) is -0.219. The van der Waals surface area contributed by atoms with Crippen molar-refractivity contribution in [1.29, 1.82) is 0 Å². The first-order chi connectivity index (χ1) is 9.28. The van der Waals surface area contributed by atoms with Crippen LogP contribution in [0.15, 0.2) is 24.3 Å². The predicted molar refractivity (Wildman–Crippen MR) is 72.7 cm³/mol. The van der Waals surface area contributed by atoms with E-state index in [0.717, 1.165) is 5.56 Å². The number of carboxylic acids is 1. The van der Waals surface area contributed by atoms with Crippen molar-refractivity contribution in [2.75, 3.05) is 7.11 Å². The van der Waals surface area contributed by atoms with Crippen LogP contribution in [-0.2, 0) is 19.7 Å². The lowest BCUT2D eigenvalue weighted by Gasteiger charge is -2.22. The minimum absolute atomic E-state index is 0.0327. The number of Topliss-reactive ketones (excluding diaryl/α,β-unsaturated/α-hetero) is 1. The Morgan fingerprint density at radius 3 is 2.10 bits per heavy atom. The van der Waals surface area contributed by atoms with E-state index in [-0.39, 0.29) is 24.6 Å². The molecule has 0 aliphatic rings. The molecule has 0 unspecified atom stereocenters. The van der Waals surface area contributed by atoms with Gasteiger partial charge in [-0.2, -0.15) is 0 Å². The van der Waals surface area contributed by atoms with E-state index >= 15 is 0 Å². The predicted octanol–water partition coefficient (Wildman–Crippen LogP) is 2.18. The van der Waals surface area contributed by atoms with Crippen LogP contribution in [0.5, 0.6) is 0 Å². The van der Waals surface area contributed by atoms with E-state index in [9.17, 15) is 14.4 Å². The van der Waals surface area contributed by atoms with Gasteiger partial charge in [0.15, 0.2) is 5.78 Å². The number of hydrogen-bond donors (Lipinski definition) is 1. The lowest BCUT2D eigenvalue weighted by atomic mass is 9.84. The second kappa shape index (κ2) is 6.32. The number of benzene rings is 1. The van der Waals surface area contributed by atoms with Crippen molar-refractivity contribution in [2.45, 2.75) is 32.1 Å². The molecule has 20 heavy (non-hydrogen) atoms. The molecule has 0 amide bonds.